The third-order valence-electron chi connectivity index (χ3n) is 2.84. The number of hydrogen-bond donors (Lipinski definition) is 2. The van der Waals surface area contributed by atoms with Crippen molar-refractivity contribution in [2.45, 2.75) is 6.54 Å². The number of para-hydroxylation sites is 1. The summed E-state index contributed by atoms with van der Waals surface area (Å²) < 4.78 is 10.5. The molecule has 2 aromatic rings. The lowest BCUT2D eigenvalue weighted by Gasteiger charge is -2.13. The van der Waals surface area contributed by atoms with Crippen LogP contribution in [0.5, 0.6) is 11.5 Å². The first-order valence-electron chi connectivity index (χ1n) is 6.19. The van der Waals surface area contributed by atoms with Gasteiger partial charge in [0, 0.05) is 23.3 Å². The van der Waals surface area contributed by atoms with Crippen LogP contribution in [0.3, 0.4) is 0 Å². The first kappa shape index (κ1) is 14.5. The summed E-state index contributed by atoms with van der Waals surface area (Å²) in [5.41, 5.74) is 8.14. The molecule has 0 atom stereocenters. The van der Waals surface area contributed by atoms with Crippen LogP contribution in [-0.4, -0.2) is 14.2 Å². The van der Waals surface area contributed by atoms with Gasteiger partial charge in [0.25, 0.3) is 0 Å². The van der Waals surface area contributed by atoms with Gasteiger partial charge in [-0.25, -0.2) is 5.43 Å². The molecule has 0 saturated carbocycles. The van der Waals surface area contributed by atoms with E-state index in [1.165, 1.54) is 0 Å². The van der Waals surface area contributed by atoms with E-state index < -0.39 is 0 Å². The van der Waals surface area contributed by atoms with Crippen molar-refractivity contribution in [1.82, 2.24) is 5.43 Å². The number of methoxy groups -OCH3 is 2. The monoisotopic (exact) mass is 292 g/mol. The van der Waals surface area contributed by atoms with Crippen molar-refractivity contribution in [3.05, 3.63) is 53.1 Å². The molecule has 4 nitrogen and oxygen atoms in total. The van der Waals surface area contributed by atoms with Crippen LogP contribution in [0.1, 0.15) is 5.56 Å². The molecule has 2 aromatic carbocycles. The van der Waals surface area contributed by atoms with Crippen LogP contribution in [0.4, 0.5) is 5.69 Å². The molecule has 0 spiro atoms. The lowest BCUT2D eigenvalue weighted by atomic mass is 10.2. The van der Waals surface area contributed by atoms with Gasteiger partial charge in [-0.05, 0) is 23.8 Å². The molecule has 106 valence electrons. The molecule has 0 aliphatic rings. The highest BCUT2D eigenvalue weighted by Crippen LogP contribution is 2.32. The predicted molar refractivity (Wildman–Crippen MR) is 81.5 cm³/mol. The highest BCUT2D eigenvalue weighted by atomic mass is 35.5. The van der Waals surface area contributed by atoms with Crippen molar-refractivity contribution in [2.24, 2.45) is 0 Å². The Bertz CT molecular complexity index is 561. The van der Waals surface area contributed by atoms with E-state index in [9.17, 15) is 0 Å². The molecule has 0 radical (unpaired) electrons. The van der Waals surface area contributed by atoms with Crippen LogP contribution in [-0.2, 0) is 6.54 Å². The first-order valence-corrected chi connectivity index (χ1v) is 6.56. The van der Waals surface area contributed by atoms with Crippen molar-refractivity contribution >= 4 is 17.3 Å². The minimum Gasteiger partial charge on any atom is -0.493 e. The highest BCUT2D eigenvalue weighted by Gasteiger charge is 2.09. The fraction of sp³-hybridized carbons (Fsp3) is 0.200. The van der Waals surface area contributed by atoms with Gasteiger partial charge in [0.1, 0.15) is 0 Å². The molecule has 2 rings (SSSR count). The number of nitrogens with one attached hydrogen (secondary N) is 2. The molecular formula is C15H17ClN2O2. The van der Waals surface area contributed by atoms with Gasteiger partial charge in [-0.15, -0.1) is 0 Å². The lowest BCUT2D eigenvalue weighted by Crippen LogP contribution is -2.21. The quantitative estimate of drug-likeness (QED) is 0.800. The normalized spacial score (nSPS) is 10.2. The molecule has 0 heterocycles. The van der Waals surface area contributed by atoms with Gasteiger partial charge in [0.2, 0.25) is 0 Å². The molecule has 0 amide bonds. The number of halogens is 1. The molecule has 5 heteroatoms. The average molecular weight is 293 g/mol. The van der Waals surface area contributed by atoms with Crippen molar-refractivity contribution in [3.63, 3.8) is 0 Å². The van der Waals surface area contributed by atoms with Gasteiger partial charge >= 0.3 is 0 Å². The topological polar surface area (TPSA) is 42.5 Å². The summed E-state index contributed by atoms with van der Waals surface area (Å²) in [7, 11) is 3.19. The Morgan fingerprint density at radius 3 is 2.30 bits per heavy atom. The molecule has 0 fully saturated rings. The largest absolute Gasteiger partial charge is 0.493 e. The van der Waals surface area contributed by atoms with E-state index in [4.69, 9.17) is 21.1 Å². The lowest BCUT2D eigenvalue weighted by molar-refractivity contribution is 0.354. The van der Waals surface area contributed by atoms with Crippen LogP contribution < -0.4 is 20.3 Å². The fourth-order valence-electron chi connectivity index (χ4n) is 1.79. The maximum absolute atomic E-state index is 6.22. The SMILES string of the molecule is COc1cc(Cl)c(CNNc2ccccc2)cc1OC. The molecule has 0 bridgehead atoms. The average Bonchev–Trinajstić information content (AvgIpc) is 2.49. The summed E-state index contributed by atoms with van der Waals surface area (Å²) in [6.07, 6.45) is 0. The van der Waals surface area contributed by atoms with E-state index >= 15 is 0 Å². The Balaban J connectivity index is 2.02. The molecule has 0 saturated heterocycles. The van der Waals surface area contributed by atoms with Gasteiger partial charge in [-0.1, -0.05) is 29.8 Å². The summed E-state index contributed by atoms with van der Waals surface area (Å²) in [5.74, 6) is 1.28. The predicted octanol–water partition coefficient (Wildman–Crippen LogP) is 3.47. The standard InChI is InChI=1S/C15H17ClN2O2/c1-19-14-8-11(13(16)9-15(14)20-2)10-17-18-12-6-4-3-5-7-12/h3-9,17-18H,10H2,1-2H3. The number of rotatable bonds is 6. The van der Waals surface area contributed by atoms with Crippen molar-refractivity contribution in [1.29, 1.82) is 0 Å². The van der Waals surface area contributed by atoms with E-state index in [0.717, 1.165) is 11.3 Å². The maximum atomic E-state index is 6.22. The zero-order valence-electron chi connectivity index (χ0n) is 11.4. The van der Waals surface area contributed by atoms with Gasteiger partial charge in [-0.2, -0.15) is 0 Å². The summed E-state index contributed by atoms with van der Waals surface area (Å²) in [6, 6.07) is 13.5. The molecule has 0 aliphatic heterocycles. The van der Waals surface area contributed by atoms with Crippen LogP contribution in [0.15, 0.2) is 42.5 Å². The van der Waals surface area contributed by atoms with Crippen LogP contribution >= 0.6 is 11.6 Å². The van der Waals surface area contributed by atoms with Crippen LogP contribution in [0, 0.1) is 0 Å². The second-order valence-corrected chi connectivity index (χ2v) is 4.55. The van der Waals surface area contributed by atoms with Gasteiger partial charge in [0.05, 0.1) is 14.2 Å². The summed E-state index contributed by atoms with van der Waals surface area (Å²) in [6.45, 7) is 0.564. The maximum Gasteiger partial charge on any atom is 0.162 e. The Morgan fingerprint density at radius 1 is 1.00 bits per heavy atom. The van der Waals surface area contributed by atoms with E-state index in [0.29, 0.717) is 23.1 Å². The smallest absolute Gasteiger partial charge is 0.162 e. The number of anilines is 1. The highest BCUT2D eigenvalue weighted by molar-refractivity contribution is 6.31. The number of hydrogen-bond acceptors (Lipinski definition) is 4. The molecular weight excluding hydrogens is 276 g/mol. The second kappa shape index (κ2) is 7.03. The van der Waals surface area contributed by atoms with Gasteiger partial charge < -0.3 is 14.9 Å². The van der Waals surface area contributed by atoms with Crippen molar-refractivity contribution in [2.75, 3.05) is 19.6 Å². The number of ether oxygens (including phenoxy) is 2. The Morgan fingerprint density at radius 2 is 1.65 bits per heavy atom. The van der Waals surface area contributed by atoms with E-state index in [2.05, 4.69) is 10.9 Å². The summed E-state index contributed by atoms with van der Waals surface area (Å²) in [4.78, 5) is 0. The minimum absolute atomic E-state index is 0.564. The molecule has 0 unspecified atom stereocenters. The van der Waals surface area contributed by atoms with Crippen LogP contribution in [0.2, 0.25) is 5.02 Å². The summed E-state index contributed by atoms with van der Waals surface area (Å²) in [5, 5.41) is 0.630. The zero-order valence-corrected chi connectivity index (χ0v) is 12.2. The molecule has 20 heavy (non-hydrogen) atoms. The second-order valence-electron chi connectivity index (χ2n) is 4.14. The fourth-order valence-corrected chi connectivity index (χ4v) is 2.02. The third-order valence-corrected chi connectivity index (χ3v) is 3.19. The molecule has 0 aliphatic carbocycles. The Labute approximate surface area is 123 Å². The van der Waals surface area contributed by atoms with E-state index in [1.807, 2.05) is 36.4 Å². The van der Waals surface area contributed by atoms with Crippen molar-refractivity contribution in [3.8, 4) is 11.5 Å². The number of hydrazine groups is 1. The molecule has 2 N–H and O–H groups in total. The van der Waals surface area contributed by atoms with E-state index in [1.54, 1.807) is 20.3 Å². The van der Waals surface area contributed by atoms with Gasteiger partial charge in [0.15, 0.2) is 11.5 Å². The van der Waals surface area contributed by atoms with E-state index in [-0.39, 0.29) is 0 Å². The van der Waals surface area contributed by atoms with Crippen molar-refractivity contribution < 1.29 is 9.47 Å². The van der Waals surface area contributed by atoms with Gasteiger partial charge in [-0.3, -0.25) is 0 Å². The minimum atomic E-state index is 0.564. The number of benzene rings is 2. The molecule has 0 aromatic heterocycles. The third kappa shape index (κ3) is 3.56. The summed E-state index contributed by atoms with van der Waals surface area (Å²) >= 11 is 6.22. The first-order chi connectivity index (χ1) is 9.74. The Hall–Kier alpha value is -1.91. The van der Waals surface area contributed by atoms with Crippen LogP contribution in [0.25, 0.3) is 0 Å². The zero-order chi connectivity index (χ0) is 14.4. The Kier molecular flexibility index (Phi) is 5.09.